The number of nitrogens with two attached hydrogens (primary N) is 1. The second kappa shape index (κ2) is 8.48. The summed E-state index contributed by atoms with van der Waals surface area (Å²) >= 11 is 12.5. The van der Waals surface area contributed by atoms with Crippen LogP contribution < -0.4 is 16.6 Å². The predicted octanol–water partition coefficient (Wildman–Crippen LogP) is 5.32. The van der Waals surface area contributed by atoms with Gasteiger partial charge in [0.15, 0.2) is 0 Å². The Morgan fingerprint density at radius 1 is 1.10 bits per heavy atom. The number of hydrogen-bond donors (Lipinski definition) is 2. The molecule has 0 saturated heterocycles. The molecule has 1 unspecified atom stereocenters. The minimum Gasteiger partial charge on any atom is -0.377 e. The third kappa shape index (κ3) is 3.79. The topological polar surface area (TPSA) is 72.9 Å². The van der Waals surface area contributed by atoms with Gasteiger partial charge in [0.1, 0.15) is 5.15 Å². The molecular formula is C23H20Cl2N4O. The Hall–Kier alpha value is -2.86. The maximum atomic E-state index is 13.5. The summed E-state index contributed by atoms with van der Waals surface area (Å²) < 4.78 is 1.69. The normalized spacial score (nSPS) is 12.1. The van der Waals surface area contributed by atoms with Crippen LogP contribution in [0.25, 0.3) is 16.5 Å². The first-order valence-corrected chi connectivity index (χ1v) is 10.3. The fourth-order valence-corrected chi connectivity index (χ4v) is 3.98. The maximum Gasteiger partial charge on any atom is 0.264 e. The number of anilines is 1. The molecule has 0 aliphatic heterocycles. The summed E-state index contributed by atoms with van der Waals surface area (Å²) in [5.74, 6) is 0. The van der Waals surface area contributed by atoms with Crippen LogP contribution in [0.4, 0.5) is 5.69 Å². The Bertz CT molecular complexity index is 1270. The van der Waals surface area contributed by atoms with E-state index in [4.69, 9.17) is 28.9 Å². The Labute approximate surface area is 184 Å². The lowest BCUT2D eigenvalue weighted by molar-refractivity contribution is 0.775. The van der Waals surface area contributed by atoms with Crippen LogP contribution in [-0.4, -0.2) is 9.55 Å². The molecule has 0 bridgehead atoms. The zero-order chi connectivity index (χ0) is 21.3. The molecule has 0 aliphatic carbocycles. The van der Waals surface area contributed by atoms with Crippen LogP contribution in [0.15, 0.2) is 71.7 Å². The molecule has 152 valence electrons. The van der Waals surface area contributed by atoms with Gasteiger partial charge in [0.25, 0.3) is 5.56 Å². The summed E-state index contributed by atoms with van der Waals surface area (Å²) in [5.41, 5.74) is 8.86. The van der Waals surface area contributed by atoms with Crippen LogP contribution >= 0.6 is 23.2 Å². The molecule has 2 aromatic heterocycles. The molecule has 4 aromatic rings. The van der Waals surface area contributed by atoms with Crippen molar-refractivity contribution >= 4 is 39.7 Å². The molecular weight excluding hydrogens is 419 g/mol. The van der Waals surface area contributed by atoms with Gasteiger partial charge >= 0.3 is 0 Å². The number of rotatable bonds is 5. The fraction of sp³-hybridized carbons (Fsp3) is 0.130. The molecule has 0 spiro atoms. The number of fused-ring (bicyclic) bond motifs is 1. The van der Waals surface area contributed by atoms with Crippen molar-refractivity contribution in [2.45, 2.75) is 19.5 Å². The molecule has 3 N–H and O–H groups in total. The standard InChI is InChI=1S/C23H20Cl2N4O/c1-14(28-19-11-21(25)27-13-16(19)12-26)20-10-15-6-5-9-18(24)22(15)23(30)29(20)17-7-3-2-4-8-17/h2-11,13-14H,12,26H2,1H3,(H,27,28). The van der Waals surface area contributed by atoms with Gasteiger partial charge in [0, 0.05) is 35.4 Å². The second-order valence-corrected chi connectivity index (χ2v) is 7.78. The lowest BCUT2D eigenvalue weighted by atomic mass is 10.1. The minimum absolute atomic E-state index is 0.167. The van der Waals surface area contributed by atoms with Gasteiger partial charge < -0.3 is 11.1 Å². The van der Waals surface area contributed by atoms with Gasteiger partial charge in [0.2, 0.25) is 0 Å². The second-order valence-electron chi connectivity index (χ2n) is 6.98. The number of benzene rings is 2. The van der Waals surface area contributed by atoms with E-state index in [1.807, 2.05) is 55.5 Å². The van der Waals surface area contributed by atoms with Crippen molar-refractivity contribution in [3.05, 3.63) is 98.6 Å². The number of pyridine rings is 2. The zero-order valence-electron chi connectivity index (χ0n) is 16.3. The Kier molecular flexibility index (Phi) is 5.77. The smallest absolute Gasteiger partial charge is 0.264 e. The van der Waals surface area contributed by atoms with Gasteiger partial charge in [-0.15, -0.1) is 0 Å². The van der Waals surface area contributed by atoms with Crippen molar-refractivity contribution in [2.24, 2.45) is 5.73 Å². The van der Waals surface area contributed by atoms with Crippen LogP contribution in [-0.2, 0) is 6.54 Å². The van der Waals surface area contributed by atoms with E-state index in [2.05, 4.69) is 10.3 Å². The van der Waals surface area contributed by atoms with Gasteiger partial charge in [-0.25, -0.2) is 4.98 Å². The Balaban J connectivity index is 1.92. The van der Waals surface area contributed by atoms with Crippen molar-refractivity contribution in [1.29, 1.82) is 0 Å². The molecule has 0 saturated carbocycles. The van der Waals surface area contributed by atoms with E-state index in [9.17, 15) is 4.79 Å². The molecule has 5 nitrogen and oxygen atoms in total. The first-order valence-electron chi connectivity index (χ1n) is 9.50. The average Bonchev–Trinajstić information content (AvgIpc) is 2.74. The summed E-state index contributed by atoms with van der Waals surface area (Å²) in [6.07, 6.45) is 1.65. The van der Waals surface area contributed by atoms with Crippen LogP contribution in [0.3, 0.4) is 0 Å². The van der Waals surface area contributed by atoms with E-state index in [0.717, 1.165) is 28.0 Å². The summed E-state index contributed by atoms with van der Waals surface area (Å²) in [6.45, 7) is 2.30. The fourth-order valence-electron chi connectivity index (χ4n) is 3.56. The molecule has 0 amide bonds. The average molecular weight is 439 g/mol. The number of nitrogens with zero attached hydrogens (tertiary/aromatic N) is 2. The Morgan fingerprint density at radius 3 is 2.60 bits per heavy atom. The summed E-state index contributed by atoms with van der Waals surface area (Å²) in [5, 5.41) is 5.52. The van der Waals surface area contributed by atoms with Crippen molar-refractivity contribution in [1.82, 2.24) is 9.55 Å². The highest BCUT2D eigenvalue weighted by molar-refractivity contribution is 6.35. The largest absolute Gasteiger partial charge is 0.377 e. The predicted molar refractivity (Wildman–Crippen MR) is 124 cm³/mol. The monoisotopic (exact) mass is 438 g/mol. The summed E-state index contributed by atoms with van der Waals surface area (Å²) in [6, 6.07) is 18.5. The molecule has 30 heavy (non-hydrogen) atoms. The number of para-hydroxylation sites is 1. The molecule has 2 aromatic carbocycles. The molecule has 0 radical (unpaired) electrons. The van der Waals surface area contributed by atoms with Crippen LogP contribution in [0.5, 0.6) is 0 Å². The minimum atomic E-state index is -0.231. The lowest BCUT2D eigenvalue weighted by Gasteiger charge is -2.23. The van der Waals surface area contributed by atoms with Gasteiger partial charge in [-0.2, -0.15) is 0 Å². The molecule has 1 atom stereocenters. The first-order chi connectivity index (χ1) is 14.5. The van der Waals surface area contributed by atoms with Gasteiger partial charge in [-0.05, 0) is 42.6 Å². The van der Waals surface area contributed by atoms with E-state index >= 15 is 0 Å². The quantitative estimate of drug-likeness (QED) is 0.413. The van der Waals surface area contributed by atoms with Crippen molar-refractivity contribution in [2.75, 3.05) is 5.32 Å². The van der Waals surface area contributed by atoms with Crippen LogP contribution in [0.1, 0.15) is 24.2 Å². The summed E-state index contributed by atoms with van der Waals surface area (Å²) in [4.78, 5) is 17.6. The third-order valence-corrected chi connectivity index (χ3v) is 5.55. The van der Waals surface area contributed by atoms with Crippen molar-refractivity contribution in [3.63, 3.8) is 0 Å². The molecule has 4 rings (SSSR count). The van der Waals surface area contributed by atoms with Crippen molar-refractivity contribution in [3.8, 4) is 5.69 Å². The van der Waals surface area contributed by atoms with E-state index in [1.54, 1.807) is 22.9 Å². The highest BCUT2D eigenvalue weighted by Crippen LogP contribution is 2.28. The maximum absolute atomic E-state index is 13.5. The van der Waals surface area contributed by atoms with E-state index in [-0.39, 0.29) is 11.6 Å². The van der Waals surface area contributed by atoms with Gasteiger partial charge in [-0.1, -0.05) is 53.5 Å². The molecule has 7 heteroatoms. The number of hydrogen-bond acceptors (Lipinski definition) is 4. The highest BCUT2D eigenvalue weighted by Gasteiger charge is 2.18. The van der Waals surface area contributed by atoms with E-state index in [0.29, 0.717) is 22.1 Å². The SMILES string of the molecule is CC(Nc1cc(Cl)ncc1CN)c1cc2cccc(Cl)c2c(=O)n1-c1ccccc1. The third-order valence-electron chi connectivity index (χ3n) is 5.03. The Morgan fingerprint density at radius 2 is 1.87 bits per heavy atom. The molecule has 0 aliphatic rings. The molecule has 0 fully saturated rings. The lowest BCUT2D eigenvalue weighted by Crippen LogP contribution is -2.26. The van der Waals surface area contributed by atoms with Gasteiger partial charge in [0.05, 0.1) is 16.5 Å². The van der Waals surface area contributed by atoms with Crippen LogP contribution in [0.2, 0.25) is 10.2 Å². The summed E-state index contributed by atoms with van der Waals surface area (Å²) in [7, 11) is 0. The number of aromatic nitrogens is 2. The van der Waals surface area contributed by atoms with Crippen molar-refractivity contribution < 1.29 is 0 Å². The first kappa shape index (κ1) is 20.4. The van der Waals surface area contributed by atoms with E-state index in [1.165, 1.54) is 0 Å². The van der Waals surface area contributed by atoms with E-state index < -0.39 is 0 Å². The highest BCUT2D eigenvalue weighted by atomic mass is 35.5. The number of nitrogens with one attached hydrogen (secondary N) is 1. The molecule has 2 heterocycles. The van der Waals surface area contributed by atoms with Gasteiger partial charge in [-0.3, -0.25) is 9.36 Å². The zero-order valence-corrected chi connectivity index (χ0v) is 17.8. The number of halogens is 2. The van der Waals surface area contributed by atoms with Crippen LogP contribution in [0, 0.1) is 0 Å².